The van der Waals surface area contributed by atoms with Gasteiger partial charge in [-0.25, -0.2) is 15.8 Å². The molecule has 7 heteroatoms. The summed E-state index contributed by atoms with van der Waals surface area (Å²) in [5.41, 5.74) is 7.26. The summed E-state index contributed by atoms with van der Waals surface area (Å²) in [7, 11) is 0. The molecule has 1 amide bonds. The first-order chi connectivity index (χ1) is 13.7. The van der Waals surface area contributed by atoms with E-state index in [0.717, 1.165) is 32.9 Å². The molecule has 0 aliphatic carbocycles. The molecule has 28 heavy (non-hydrogen) atoms. The van der Waals surface area contributed by atoms with Crippen molar-refractivity contribution in [1.82, 2.24) is 20.0 Å². The molecule has 0 aliphatic rings. The van der Waals surface area contributed by atoms with E-state index in [1.54, 1.807) is 0 Å². The van der Waals surface area contributed by atoms with Crippen molar-refractivity contribution in [2.75, 3.05) is 5.75 Å². The van der Waals surface area contributed by atoms with E-state index in [1.165, 1.54) is 23.7 Å². The molecule has 140 valence electrons. The van der Waals surface area contributed by atoms with Crippen molar-refractivity contribution in [1.29, 1.82) is 0 Å². The Labute approximate surface area is 166 Å². The highest BCUT2D eigenvalue weighted by atomic mass is 32.2. The summed E-state index contributed by atoms with van der Waals surface area (Å²) in [4.78, 5) is 20.6. The molecule has 0 spiro atoms. The number of aromatic nitrogens is 3. The third kappa shape index (κ3) is 3.49. The smallest absolute Gasteiger partial charge is 0.244 e. The van der Waals surface area contributed by atoms with Gasteiger partial charge >= 0.3 is 0 Å². The summed E-state index contributed by atoms with van der Waals surface area (Å²) >= 11 is 1.35. The molecular weight excluding hydrogens is 370 g/mol. The fourth-order valence-corrected chi connectivity index (χ4v) is 3.88. The Bertz CT molecular complexity index is 1120. The van der Waals surface area contributed by atoms with E-state index in [1.807, 2.05) is 18.2 Å². The van der Waals surface area contributed by atoms with E-state index in [9.17, 15) is 4.79 Å². The molecule has 2 aromatic heterocycles. The van der Waals surface area contributed by atoms with Gasteiger partial charge in [0.1, 0.15) is 17.0 Å². The number of thioether (sulfide) groups is 1. The van der Waals surface area contributed by atoms with E-state index in [-0.39, 0.29) is 11.7 Å². The molecule has 0 radical (unpaired) electrons. The number of rotatable bonds is 5. The average molecular weight is 389 g/mol. The van der Waals surface area contributed by atoms with E-state index in [2.05, 4.69) is 69.5 Å². The van der Waals surface area contributed by atoms with Gasteiger partial charge in [-0.2, -0.15) is 0 Å². The van der Waals surface area contributed by atoms with Crippen LogP contribution in [0.4, 0.5) is 0 Å². The van der Waals surface area contributed by atoms with Crippen LogP contribution in [0.15, 0.2) is 72.1 Å². The molecule has 0 saturated carbocycles. The van der Waals surface area contributed by atoms with Crippen molar-refractivity contribution < 1.29 is 4.79 Å². The van der Waals surface area contributed by atoms with Gasteiger partial charge < -0.3 is 4.57 Å². The number of amides is 1. The summed E-state index contributed by atoms with van der Waals surface area (Å²) in [6, 6.07) is 18.4. The zero-order valence-electron chi connectivity index (χ0n) is 15.3. The van der Waals surface area contributed by atoms with Crippen LogP contribution in [0, 0.1) is 6.92 Å². The van der Waals surface area contributed by atoms with Crippen LogP contribution in [0.2, 0.25) is 0 Å². The molecule has 4 rings (SSSR count). The standard InChI is InChI=1S/C21H19N5OS/c1-14-7-9-16(10-8-14)26-11-17(15-5-3-2-4-6-15)19-20(26)23-13-24-21(19)28-12-18(27)25-22/h2-11,13H,12,22H2,1H3,(H,25,27). The van der Waals surface area contributed by atoms with Gasteiger partial charge in [0.25, 0.3) is 0 Å². The van der Waals surface area contributed by atoms with Crippen molar-refractivity contribution in [3.8, 4) is 16.8 Å². The topological polar surface area (TPSA) is 85.8 Å². The Morgan fingerprint density at radius 1 is 1.11 bits per heavy atom. The number of hydrazine groups is 1. The molecule has 3 N–H and O–H groups in total. The SMILES string of the molecule is Cc1ccc(-n2cc(-c3ccccc3)c3c(SCC(=O)NN)ncnc32)cc1. The van der Waals surface area contributed by atoms with E-state index in [4.69, 9.17) is 5.84 Å². The first-order valence-corrected chi connectivity index (χ1v) is 9.76. The molecular formula is C21H19N5OS. The van der Waals surface area contributed by atoms with Crippen molar-refractivity contribution >= 4 is 28.7 Å². The fourth-order valence-electron chi connectivity index (χ4n) is 3.06. The molecule has 0 atom stereocenters. The Morgan fingerprint density at radius 3 is 2.57 bits per heavy atom. The number of carbonyl (C=O) groups excluding carboxylic acids is 1. The minimum atomic E-state index is -0.254. The second-order valence-electron chi connectivity index (χ2n) is 6.35. The molecule has 0 fully saturated rings. The van der Waals surface area contributed by atoms with Gasteiger partial charge in [-0.1, -0.05) is 59.8 Å². The zero-order chi connectivity index (χ0) is 19.5. The molecule has 6 nitrogen and oxygen atoms in total. The fraction of sp³-hybridized carbons (Fsp3) is 0.0952. The van der Waals surface area contributed by atoms with E-state index < -0.39 is 0 Å². The largest absolute Gasteiger partial charge is 0.301 e. The van der Waals surface area contributed by atoms with Crippen LogP contribution in [-0.4, -0.2) is 26.2 Å². The third-order valence-electron chi connectivity index (χ3n) is 4.45. The maximum Gasteiger partial charge on any atom is 0.244 e. The van der Waals surface area contributed by atoms with Gasteiger partial charge in [0, 0.05) is 17.4 Å². The molecule has 4 aromatic rings. The summed E-state index contributed by atoms with van der Waals surface area (Å²) in [5.74, 6) is 5.15. The van der Waals surface area contributed by atoms with Crippen molar-refractivity contribution in [3.63, 3.8) is 0 Å². The molecule has 2 aromatic carbocycles. The average Bonchev–Trinajstić information content (AvgIpc) is 3.13. The molecule has 0 unspecified atom stereocenters. The summed E-state index contributed by atoms with van der Waals surface area (Å²) in [6.07, 6.45) is 3.61. The Morgan fingerprint density at radius 2 is 1.86 bits per heavy atom. The summed E-state index contributed by atoms with van der Waals surface area (Å²) in [5, 5.41) is 1.67. The van der Waals surface area contributed by atoms with E-state index >= 15 is 0 Å². The Hall–Kier alpha value is -3.16. The number of benzene rings is 2. The lowest BCUT2D eigenvalue weighted by Crippen LogP contribution is -2.31. The maximum absolute atomic E-state index is 11.6. The first-order valence-electron chi connectivity index (χ1n) is 8.78. The number of hydrogen-bond acceptors (Lipinski definition) is 5. The first kappa shape index (κ1) is 18.2. The lowest BCUT2D eigenvalue weighted by atomic mass is 10.1. The number of nitrogens with zero attached hydrogens (tertiary/aromatic N) is 3. The normalized spacial score (nSPS) is 10.9. The van der Waals surface area contributed by atoms with Crippen LogP contribution >= 0.6 is 11.8 Å². The molecule has 0 bridgehead atoms. The Balaban J connectivity index is 1.92. The van der Waals surface area contributed by atoms with E-state index in [0.29, 0.717) is 0 Å². The summed E-state index contributed by atoms with van der Waals surface area (Å²) < 4.78 is 2.06. The monoisotopic (exact) mass is 389 g/mol. The van der Waals surface area contributed by atoms with Crippen LogP contribution in [0.1, 0.15) is 5.56 Å². The maximum atomic E-state index is 11.6. The lowest BCUT2D eigenvalue weighted by Gasteiger charge is -2.06. The number of fused-ring (bicyclic) bond motifs is 1. The predicted molar refractivity (Wildman–Crippen MR) is 112 cm³/mol. The third-order valence-corrected chi connectivity index (χ3v) is 5.44. The zero-order valence-corrected chi connectivity index (χ0v) is 16.1. The highest BCUT2D eigenvalue weighted by Crippen LogP contribution is 2.36. The van der Waals surface area contributed by atoms with Crippen LogP contribution < -0.4 is 11.3 Å². The van der Waals surface area contributed by atoms with Gasteiger partial charge in [0.05, 0.1) is 11.1 Å². The van der Waals surface area contributed by atoms with Gasteiger partial charge in [0.2, 0.25) is 5.91 Å². The van der Waals surface area contributed by atoms with Gasteiger partial charge in [-0.15, -0.1) is 0 Å². The number of nitrogens with two attached hydrogens (primary N) is 1. The van der Waals surface area contributed by atoms with Gasteiger partial charge in [-0.3, -0.25) is 10.2 Å². The number of hydrogen-bond donors (Lipinski definition) is 2. The van der Waals surface area contributed by atoms with Crippen molar-refractivity contribution in [2.45, 2.75) is 11.9 Å². The predicted octanol–water partition coefficient (Wildman–Crippen LogP) is 3.48. The minimum absolute atomic E-state index is 0.187. The Kier molecular flexibility index (Phi) is 5.10. The highest BCUT2D eigenvalue weighted by molar-refractivity contribution is 8.00. The number of aryl methyl sites for hydroxylation is 1. The second kappa shape index (κ2) is 7.84. The molecule has 0 aliphatic heterocycles. The van der Waals surface area contributed by atoms with Crippen LogP contribution in [0.5, 0.6) is 0 Å². The highest BCUT2D eigenvalue weighted by Gasteiger charge is 2.18. The van der Waals surface area contributed by atoms with Crippen molar-refractivity contribution in [3.05, 3.63) is 72.7 Å². The van der Waals surface area contributed by atoms with Crippen LogP contribution in [0.3, 0.4) is 0 Å². The van der Waals surface area contributed by atoms with Crippen LogP contribution in [0.25, 0.3) is 27.8 Å². The van der Waals surface area contributed by atoms with Gasteiger partial charge in [0.15, 0.2) is 0 Å². The molecule has 0 saturated heterocycles. The van der Waals surface area contributed by atoms with Crippen molar-refractivity contribution in [2.24, 2.45) is 5.84 Å². The van der Waals surface area contributed by atoms with Crippen LogP contribution in [-0.2, 0) is 4.79 Å². The second-order valence-corrected chi connectivity index (χ2v) is 7.31. The summed E-state index contributed by atoms with van der Waals surface area (Å²) in [6.45, 7) is 2.06. The molecule has 2 heterocycles. The quantitative estimate of drug-likeness (QED) is 0.179. The minimum Gasteiger partial charge on any atom is -0.301 e. The number of carbonyl (C=O) groups is 1. The number of nitrogens with one attached hydrogen (secondary N) is 1. The van der Waals surface area contributed by atoms with Gasteiger partial charge in [-0.05, 0) is 24.6 Å². The lowest BCUT2D eigenvalue weighted by molar-refractivity contribution is -0.118.